The summed E-state index contributed by atoms with van der Waals surface area (Å²) in [5, 5.41) is 12.2. The van der Waals surface area contributed by atoms with Gasteiger partial charge in [0.15, 0.2) is 0 Å². The first-order chi connectivity index (χ1) is 11.2. The van der Waals surface area contributed by atoms with E-state index in [0.29, 0.717) is 13.0 Å². The largest absolute Gasteiger partial charge is 0.386 e. The van der Waals surface area contributed by atoms with Crippen molar-refractivity contribution in [3.63, 3.8) is 0 Å². The molecule has 0 bridgehead atoms. The van der Waals surface area contributed by atoms with Gasteiger partial charge >= 0.3 is 0 Å². The van der Waals surface area contributed by atoms with Gasteiger partial charge in [-0.05, 0) is 17.0 Å². The molecule has 1 aromatic heterocycles. The third-order valence-electron chi connectivity index (χ3n) is 4.23. The molecule has 1 amide bonds. The van der Waals surface area contributed by atoms with Crippen molar-refractivity contribution in [2.75, 3.05) is 32.7 Å². The Labute approximate surface area is 141 Å². The van der Waals surface area contributed by atoms with Gasteiger partial charge < -0.3 is 10.0 Å². The standard InChI is InChI=1S/C18H22N2O2S/c21-16(17-7-4-12-23-17)14-19-8-10-20(11-9-19)18(22)13-15-5-2-1-3-6-15/h1-7,12,16,21H,8-11,13-14H2. The summed E-state index contributed by atoms with van der Waals surface area (Å²) >= 11 is 1.59. The maximum absolute atomic E-state index is 12.3. The second kappa shape index (κ2) is 7.73. The SMILES string of the molecule is O=C(Cc1ccccc1)N1CCN(CC(O)c2cccs2)CC1. The van der Waals surface area contributed by atoms with Crippen LogP contribution in [0.4, 0.5) is 0 Å². The number of aliphatic hydroxyl groups is 1. The lowest BCUT2D eigenvalue weighted by molar-refractivity contribution is -0.132. The van der Waals surface area contributed by atoms with Crippen LogP contribution in [0.2, 0.25) is 0 Å². The van der Waals surface area contributed by atoms with Gasteiger partial charge in [0.25, 0.3) is 0 Å². The number of piperazine rings is 1. The summed E-state index contributed by atoms with van der Waals surface area (Å²) < 4.78 is 0. The monoisotopic (exact) mass is 330 g/mol. The van der Waals surface area contributed by atoms with Crippen LogP contribution in [0.5, 0.6) is 0 Å². The van der Waals surface area contributed by atoms with Gasteiger partial charge in [0, 0.05) is 37.6 Å². The van der Waals surface area contributed by atoms with Crippen molar-refractivity contribution in [3.05, 3.63) is 58.3 Å². The molecule has 0 saturated carbocycles. The number of benzene rings is 1. The fourth-order valence-corrected chi connectivity index (χ4v) is 3.58. The van der Waals surface area contributed by atoms with Crippen LogP contribution in [0.3, 0.4) is 0 Å². The van der Waals surface area contributed by atoms with E-state index in [1.54, 1.807) is 11.3 Å². The molecule has 2 heterocycles. The Morgan fingerprint density at radius 3 is 2.48 bits per heavy atom. The molecule has 2 aromatic rings. The van der Waals surface area contributed by atoms with E-state index in [-0.39, 0.29) is 5.91 Å². The van der Waals surface area contributed by atoms with Crippen LogP contribution < -0.4 is 0 Å². The molecule has 1 N–H and O–H groups in total. The van der Waals surface area contributed by atoms with E-state index in [0.717, 1.165) is 36.6 Å². The molecule has 4 nitrogen and oxygen atoms in total. The average molecular weight is 330 g/mol. The third-order valence-corrected chi connectivity index (χ3v) is 5.20. The summed E-state index contributed by atoms with van der Waals surface area (Å²) in [5.41, 5.74) is 1.06. The van der Waals surface area contributed by atoms with Crippen LogP contribution >= 0.6 is 11.3 Å². The van der Waals surface area contributed by atoms with Gasteiger partial charge in [-0.3, -0.25) is 9.69 Å². The molecule has 1 saturated heterocycles. The Hall–Kier alpha value is -1.69. The molecular formula is C18H22N2O2S. The lowest BCUT2D eigenvalue weighted by Gasteiger charge is -2.35. The molecule has 122 valence electrons. The zero-order valence-corrected chi connectivity index (χ0v) is 13.9. The third kappa shape index (κ3) is 4.41. The first-order valence-electron chi connectivity index (χ1n) is 7.98. The highest BCUT2D eigenvalue weighted by Gasteiger charge is 2.23. The molecule has 0 aliphatic carbocycles. The molecule has 5 heteroatoms. The molecule has 1 aromatic carbocycles. The molecule has 3 rings (SSSR count). The minimum atomic E-state index is -0.429. The maximum atomic E-state index is 12.3. The number of rotatable bonds is 5. The van der Waals surface area contributed by atoms with Gasteiger partial charge in [0.2, 0.25) is 5.91 Å². The van der Waals surface area contributed by atoms with E-state index in [9.17, 15) is 9.90 Å². The van der Waals surface area contributed by atoms with Gasteiger partial charge in [-0.1, -0.05) is 36.4 Å². The summed E-state index contributed by atoms with van der Waals surface area (Å²) in [6, 6.07) is 13.8. The molecule has 1 atom stereocenters. The van der Waals surface area contributed by atoms with E-state index in [1.807, 2.05) is 52.7 Å². The lowest BCUT2D eigenvalue weighted by atomic mass is 10.1. The van der Waals surface area contributed by atoms with Gasteiger partial charge in [-0.15, -0.1) is 11.3 Å². The number of β-amino-alcohol motifs (C(OH)–C–C–N with tert-alkyl or cyclic N) is 1. The number of carbonyl (C=O) groups excluding carboxylic acids is 1. The highest BCUT2D eigenvalue weighted by Crippen LogP contribution is 2.20. The summed E-state index contributed by atoms with van der Waals surface area (Å²) in [7, 11) is 0. The Morgan fingerprint density at radius 2 is 1.83 bits per heavy atom. The van der Waals surface area contributed by atoms with Gasteiger partial charge in [-0.25, -0.2) is 0 Å². The number of hydrogen-bond donors (Lipinski definition) is 1. The molecule has 0 radical (unpaired) electrons. The molecule has 1 unspecified atom stereocenters. The molecule has 1 aliphatic heterocycles. The fraction of sp³-hybridized carbons (Fsp3) is 0.389. The van der Waals surface area contributed by atoms with Crippen molar-refractivity contribution in [2.45, 2.75) is 12.5 Å². The fourth-order valence-electron chi connectivity index (χ4n) is 2.88. The Morgan fingerprint density at radius 1 is 1.09 bits per heavy atom. The van der Waals surface area contributed by atoms with Crippen molar-refractivity contribution in [3.8, 4) is 0 Å². The average Bonchev–Trinajstić information content (AvgIpc) is 3.11. The molecule has 23 heavy (non-hydrogen) atoms. The van der Waals surface area contributed by atoms with Crippen molar-refractivity contribution in [2.24, 2.45) is 0 Å². The van der Waals surface area contributed by atoms with Crippen LogP contribution in [0.25, 0.3) is 0 Å². The summed E-state index contributed by atoms with van der Waals surface area (Å²) in [6.07, 6.45) is 0.0418. The van der Waals surface area contributed by atoms with E-state index < -0.39 is 6.10 Å². The summed E-state index contributed by atoms with van der Waals surface area (Å²) in [5.74, 6) is 0.189. The first kappa shape index (κ1) is 16.2. The van der Waals surface area contributed by atoms with Crippen LogP contribution in [0, 0.1) is 0 Å². The van der Waals surface area contributed by atoms with Crippen LogP contribution in [0.1, 0.15) is 16.5 Å². The first-order valence-corrected chi connectivity index (χ1v) is 8.86. The Balaban J connectivity index is 1.45. The highest BCUT2D eigenvalue weighted by atomic mass is 32.1. The minimum Gasteiger partial charge on any atom is -0.386 e. The highest BCUT2D eigenvalue weighted by molar-refractivity contribution is 7.10. The smallest absolute Gasteiger partial charge is 0.227 e. The molecular weight excluding hydrogens is 308 g/mol. The summed E-state index contributed by atoms with van der Waals surface area (Å²) in [4.78, 5) is 17.5. The van der Waals surface area contributed by atoms with Crippen molar-refractivity contribution in [1.29, 1.82) is 0 Å². The van der Waals surface area contributed by atoms with Gasteiger partial charge in [0.05, 0.1) is 6.42 Å². The number of carbonyl (C=O) groups is 1. The van der Waals surface area contributed by atoms with Crippen molar-refractivity contribution in [1.82, 2.24) is 9.80 Å². The minimum absolute atomic E-state index is 0.189. The van der Waals surface area contributed by atoms with E-state index >= 15 is 0 Å². The van der Waals surface area contributed by atoms with E-state index in [4.69, 9.17) is 0 Å². The number of amides is 1. The van der Waals surface area contributed by atoms with E-state index in [2.05, 4.69) is 4.90 Å². The van der Waals surface area contributed by atoms with Crippen molar-refractivity contribution >= 4 is 17.2 Å². The second-order valence-corrected chi connectivity index (χ2v) is 6.85. The van der Waals surface area contributed by atoms with E-state index in [1.165, 1.54) is 0 Å². The Bertz CT molecular complexity index is 607. The predicted octanol–water partition coefficient (Wildman–Crippen LogP) is 2.17. The normalized spacial score (nSPS) is 17.2. The van der Waals surface area contributed by atoms with Gasteiger partial charge in [0.1, 0.15) is 6.10 Å². The second-order valence-electron chi connectivity index (χ2n) is 5.87. The number of nitrogens with zero attached hydrogens (tertiary/aromatic N) is 2. The predicted molar refractivity (Wildman–Crippen MR) is 92.4 cm³/mol. The number of hydrogen-bond acceptors (Lipinski definition) is 4. The topological polar surface area (TPSA) is 43.8 Å². The van der Waals surface area contributed by atoms with Crippen LogP contribution in [-0.2, 0) is 11.2 Å². The maximum Gasteiger partial charge on any atom is 0.227 e. The molecule has 1 fully saturated rings. The van der Waals surface area contributed by atoms with Crippen LogP contribution in [0.15, 0.2) is 47.8 Å². The lowest BCUT2D eigenvalue weighted by Crippen LogP contribution is -2.49. The molecule has 0 spiro atoms. The molecule has 1 aliphatic rings. The zero-order valence-electron chi connectivity index (χ0n) is 13.1. The quantitative estimate of drug-likeness (QED) is 0.914. The van der Waals surface area contributed by atoms with Gasteiger partial charge in [-0.2, -0.15) is 0 Å². The number of aliphatic hydroxyl groups excluding tert-OH is 1. The zero-order chi connectivity index (χ0) is 16.1. The Kier molecular flexibility index (Phi) is 5.43. The number of thiophene rings is 1. The summed E-state index contributed by atoms with van der Waals surface area (Å²) in [6.45, 7) is 3.76. The van der Waals surface area contributed by atoms with Crippen LogP contribution in [-0.4, -0.2) is 53.5 Å². The van der Waals surface area contributed by atoms with Crippen molar-refractivity contribution < 1.29 is 9.90 Å².